The molecule has 0 saturated heterocycles. The molecule has 2 N–H and O–H groups in total. The van der Waals surface area contributed by atoms with Crippen molar-refractivity contribution in [2.75, 3.05) is 0 Å². The maximum Gasteiger partial charge on any atom is 0.220 e. The summed E-state index contributed by atoms with van der Waals surface area (Å²) in [5, 5.41) is 12.0. The summed E-state index contributed by atoms with van der Waals surface area (Å²) < 4.78 is 0. The standard InChI is InChI=1S/C19H21NO2/c21-13-15-7-5-14(6-8-15)12-20-19(22)11-17-10-9-16-3-1-2-4-18(16)17/h1-8,17,21H,9-13H2,(H,20,22)/t17-/m0/s1. The molecule has 2 aromatic rings. The van der Waals surface area contributed by atoms with Crippen molar-refractivity contribution < 1.29 is 9.90 Å². The average molecular weight is 295 g/mol. The summed E-state index contributed by atoms with van der Waals surface area (Å²) in [6.07, 6.45) is 2.71. The lowest BCUT2D eigenvalue weighted by Gasteiger charge is -2.12. The van der Waals surface area contributed by atoms with Crippen LogP contribution in [0.15, 0.2) is 48.5 Å². The molecule has 0 heterocycles. The molecular formula is C19H21NO2. The van der Waals surface area contributed by atoms with Crippen LogP contribution in [0, 0.1) is 0 Å². The number of hydrogen-bond donors (Lipinski definition) is 2. The van der Waals surface area contributed by atoms with Gasteiger partial charge in [-0.15, -0.1) is 0 Å². The van der Waals surface area contributed by atoms with Crippen molar-refractivity contribution in [2.45, 2.75) is 38.3 Å². The Morgan fingerprint density at radius 3 is 2.59 bits per heavy atom. The first-order valence-electron chi connectivity index (χ1n) is 7.79. The number of carbonyl (C=O) groups excluding carboxylic acids is 1. The third-order valence-electron chi connectivity index (χ3n) is 4.38. The Morgan fingerprint density at radius 2 is 1.82 bits per heavy atom. The van der Waals surface area contributed by atoms with Crippen LogP contribution in [0.25, 0.3) is 0 Å². The van der Waals surface area contributed by atoms with Gasteiger partial charge in [0.2, 0.25) is 5.91 Å². The molecule has 1 atom stereocenters. The monoisotopic (exact) mass is 295 g/mol. The van der Waals surface area contributed by atoms with Gasteiger partial charge in [0.25, 0.3) is 0 Å². The first-order valence-corrected chi connectivity index (χ1v) is 7.79. The van der Waals surface area contributed by atoms with Crippen LogP contribution < -0.4 is 5.32 Å². The molecule has 1 amide bonds. The van der Waals surface area contributed by atoms with Gasteiger partial charge < -0.3 is 10.4 Å². The number of aryl methyl sites for hydroxylation is 1. The highest BCUT2D eigenvalue weighted by molar-refractivity contribution is 5.77. The SMILES string of the molecule is O=C(C[C@@H]1CCc2ccccc21)NCc1ccc(CO)cc1. The minimum Gasteiger partial charge on any atom is -0.392 e. The predicted molar refractivity (Wildman–Crippen MR) is 86.3 cm³/mol. The van der Waals surface area contributed by atoms with Gasteiger partial charge in [0.1, 0.15) is 0 Å². The van der Waals surface area contributed by atoms with E-state index < -0.39 is 0 Å². The molecule has 0 unspecified atom stereocenters. The molecule has 1 aliphatic rings. The van der Waals surface area contributed by atoms with Crippen molar-refractivity contribution in [3.63, 3.8) is 0 Å². The number of rotatable bonds is 5. The van der Waals surface area contributed by atoms with Crippen molar-refractivity contribution in [1.82, 2.24) is 5.32 Å². The van der Waals surface area contributed by atoms with Gasteiger partial charge in [-0.2, -0.15) is 0 Å². The lowest BCUT2D eigenvalue weighted by molar-refractivity contribution is -0.121. The van der Waals surface area contributed by atoms with Gasteiger partial charge in [0.15, 0.2) is 0 Å². The summed E-state index contributed by atoms with van der Waals surface area (Å²) in [5.74, 6) is 0.459. The highest BCUT2D eigenvalue weighted by Gasteiger charge is 2.23. The highest BCUT2D eigenvalue weighted by Crippen LogP contribution is 2.35. The van der Waals surface area contributed by atoms with Gasteiger partial charge in [0.05, 0.1) is 6.61 Å². The van der Waals surface area contributed by atoms with E-state index in [1.54, 1.807) is 0 Å². The Labute approximate surface area is 131 Å². The number of amides is 1. The molecule has 0 radical (unpaired) electrons. The largest absolute Gasteiger partial charge is 0.392 e. The van der Waals surface area contributed by atoms with Crippen LogP contribution in [0.5, 0.6) is 0 Å². The predicted octanol–water partition coefficient (Wildman–Crippen LogP) is 2.92. The van der Waals surface area contributed by atoms with E-state index in [4.69, 9.17) is 5.11 Å². The molecule has 2 aromatic carbocycles. The van der Waals surface area contributed by atoms with Crippen LogP contribution in [0.4, 0.5) is 0 Å². The maximum absolute atomic E-state index is 12.2. The molecule has 1 aliphatic carbocycles. The zero-order valence-electron chi connectivity index (χ0n) is 12.6. The van der Waals surface area contributed by atoms with Crippen molar-refractivity contribution in [1.29, 1.82) is 0 Å². The van der Waals surface area contributed by atoms with E-state index in [1.165, 1.54) is 11.1 Å². The number of carbonyl (C=O) groups is 1. The summed E-state index contributed by atoms with van der Waals surface area (Å²) in [7, 11) is 0. The van der Waals surface area contributed by atoms with Crippen LogP contribution in [-0.4, -0.2) is 11.0 Å². The van der Waals surface area contributed by atoms with Crippen molar-refractivity contribution >= 4 is 5.91 Å². The fraction of sp³-hybridized carbons (Fsp3) is 0.316. The lowest BCUT2D eigenvalue weighted by Crippen LogP contribution is -2.24. The number of aliphatic hydroxyl groups is 1. The summed E-state index contributed by atoms with van der Waals surface area (Å²) in [4.78, 5) is 12.2. The number of fused-ring (bicyclic) bond motifs is 1. The normalized spacial score (nSPS) is 16.3. The minimum absolute atomic E-state index is 0.0493. The molecule has 0 aliphatic heterocycles. The van der Waals surface area contributed by atoms with Gasteiger partial charge >= 0.3 is 0 Å². The van der Waals surface area contributed by atoms with Crippen molar-refractivity contribution in [3.05, 3.63) is 70.8 Å². The van der Waals surface area contributed by atoms with Crippen LogP contribution >= 0.6 is 0 Å². The third-order valence-corrected chi connectivity index (χ3v) is 4.38. The number of benzene rings is 2. The molecule has 0 aromatic heterocycles. The summed E-state index contributed by atoms with van der Waals surface area (Å²) in [5.41, 5.74) is 4.67. The second-order valence-corrected chi connectivity index (χ2v) is 5.89. The van der Waals surface area contributed by atoms with Gasteiger partial charge in [-0.3, -0.25) is 4.79 Å². The smallest absolute Gasteiger partial charge is 0.220 e. The molecule has 0 fully saturated rings. The van der Waals surface area contributed by atoms with E-state index in [0.29, 0.717) is 18.9 Å². The van der Waals surface area contributed by atoms with E-state index in [1.807, 2.05) is 24.3 Å². The summed E-state index contributed by atoms with van der Waals surface area (Å²) in [6.45, 7) is 0.590. The van der Waals surface area contributed by atoms with E-state index in [2.05, 4.69) is 29.6 Å². The molecule has 3 heteroatoms. The zero-order valence-corrected chi connectivity index (χ0v) is 12.6. The Hall–Kier alpha value is -2.13. The van der Waals surface area contributed by atoms with Gasteiger partial charge in [-0.1, -0.05) is 48.5 Å². The fourth-order valence-corrected chi connectivity index (χ4v) is 3.12. The molecule has 114 valence electrons. The first kappa shape index (κ1) is 14.8. The number of aliphatic hydroxyl groups excluding tert-OH is 1. The second kappa shape index (κ2) is 6.75. The molecule has 3 nitrogen and oxygen atoms in total. The average Bonchev–Trinajstić information content (AvgIpc) is 2.97. The van der Waals surface area contributed by atoms with Crippen LogP contribution in [0.3, 0.4) is 0 Å². The minimum atomic E-state index is 0.0493. The van der Waals surface area contributed by atoms with Crippen LogP contribution in [0.1, 0.15) is 41.0 Å². The second-order valence-electron chi connectivity index (χ2n) is 5.89. The topological polar surface area (TPSA) is 49.3 Å². The molecule has 0 spiro atoms. The van der Waals surface area contributed by atoms with Gasteiger partial charge in [-0.05, 0) is 41.0 Å². The van der Waals surface area contributed by atoms with E-state index >= 15 is 0 Å². The van der Waals surface area contributed by atoms with E-state index in [0.717, 1.165) is 24.0 Å². The number of nitrogens with one attached hydrogen (secondary N) is 1. The quantitative estimate of drug-likeness (QED) is 0.891. The van der Waals surface area contributed by atoms with Crippen LogP contribution in [0.2, 0.25) is 0 Å². The Balaban J connectivity index is 1.53. The molecule has 3 rings (SSSR count). The Morgan fingerprint density at radius 1 is 1.09 bits per heavy atom. The van der Waals surface area contributed by atoms with E-state index in [-0.39, 0.29) is 12.5 Å². The summed E-state index contributed by atoms with van der Waals surface area (Å²) >= 11 is 0. The highest BCUT2D eigenvalue weighted by atomic mass is 16.3. The molecule has 22 heavy (non-hydrogen) atoms. The molecule has 0 bridgehead atoms. The zero-order chi connectivity index (χ0) is 15.4. The van der Waals surface area contributed by atoms with Gasteiger partial charge in [0, 0.05) is 13.0 Å². The van der Waals surface area contributed by atoms with Crippen molar-refractivity contribution in [3.8, 4) is 0 Å². The van der Waals surface area contributed by atoms with Crippen LogP contribution in [-0.2, 0) is 24.4 Å². The lowest BCUT2D eigenvalue weighted by atomic mass is 9.97. The van der Waals surface area contributed by atoms with E-state index in [9.17, 15) is 4.79 Å². The Bertz CT molecular complexity index is 649. The Kier molecular flexibility index (Phi) is 4.54. The summed E-state index contributed by atoms with van der Waals surface area (Å²) in [6, 6.07) is 16.1. The fourth-order valence-electron chi connectivity index (χ4n) is 3.12. The maximum atomic E-state index is 12.2. The van der Waals surface area contributed by atoms with Crippen molar-refractivity contribution in [2.24, 2.45) is 0 Å². The molecule has 0 saturated carbocycles. The third kappa shape index (κ3) is 3.37. The molecular weight excluding hydrogens is 274 g/mol. The van der Waals surface area contributed by atoms with Gasteiger partial charge in [-0.25, -0.2) is 0 Å². The number of hydrogen-bond acceptors (Lipinski definition) is 2. The first-order chi connectivity index (χ1) is 10.8.